The number of hydrogen-bond donors (Lipinski definition) is 0. The van der Waals surface area contributed by atoms with E-state index in [4.69, 9.17) is 28.7 Å². The van der Waals surface area contributed by atoms with Gasteiger partial charge in [-0.2, -0.15) is 0 Å². The smallest absolute Gasteiger partial charge is 0.254 e. The third-order valence-corrected chi connectivity index (χ3v) is 7.60. The van der Waals surface area contributed by atoms with E-state index in [0.717, 1.165) is 53.8 Å². The molecule has 6 rings (SSSR count). The van der Waals surface area contributed by atoms with E-state index in [1.165, 1.54) is 0 Å². The van der Waals surface area contributed by atoms with Crippen molar-refractivity contribution >= 4 is 22.6 Å². The highest BCUT2D eigenvalue weighted by atomic mass is 16.7. The number of methoxy groups -OCH3 is 3. The molecule has 0 atom stereocenters. The number of nitrogens with zero attached hydrogens (tertiary/aromatic N) is 3. The maximum atomic E-state index is 14.1. The predicted octanol–water partition coefficient (Wildman–Crippen LogP) is 5.43. The van der Waals surface area contributed by atoms with E-state index in [2.05, 4.69) is 11.0 Å². The molecule has 41 heavy (non-hydrogen) atoms. The van der Waals surface area contributed by atoms with E-state index in [1.807, 2.05) is 35.2 Å². The molecule has 0 radical (unpaired) electrons. The summed E-state index contributed by atoms with van der Waals surface area (Å²) in [5.74, 6) is 4.22. The highest BCUT2D eigenvalue weighted by molar-refractivity contribution is 5.95. The number of benzene rings is 3. The molecule has 0 N–H and O–H groups in total. The molecule has 0 saturated carbocycles. The first-order chi connectivity index (χ1) is 20.1. The number of pyridine rings is 1. The van der Waals surface area contributed by atoms with Crippen LogP contribution >= 0.6 is 0 Å². The SMILES string of the molecule is COc1ccc(C(=O)N(Cc2ccc3c(c2)OCO3)Cc2cc3c(OC)ccc(OC)c3nc2N2CCCC2)cc1. The zero-order valence-corrected chi connectivity index (χ0v) is 23.5. The molecule has 2 aliphatic heterocycles. The van der Waals surface area contributed by atoms with Crippen molar-refractivity contribution in [2.75, 3.05) is 46.1 Å². The minimum atomic E-state index is -0.101. The highest BCUT2D eigenvalue weighted by Gasteiger charge is 2.25. The first-order valence-corrected chi connectivity index (χ1v) is 13.7. The number of aromatic nitrogens is 1. The summed E-state index contributed by atoms with van der Waals surface area (Å²) in [6.07, 6.45) is 2.19. The molecular formula is C32H33N3O6. The minimum absolute atomic E-state index is 0.101. The van der Waals surface area contributed by atoms with Crippen molar-refractivity contribution in [3.63, 3.8) is 0 Å². The normalized spacial score (nSPS) is 13.9. The van der Waals surface area contributed by atoms with Crippen LogP contribution in [0.1, 0.15) is 34.3 Å². The zero-order valence-electron chi connectivity index (χ0n) is 23.5. The second-order valence-electron chi connectivity index (χ2n) is 10.1. The molecule has 3 aromatic carbocycles. The van der Waals surface area contributed by atoms with Gasteiger partial charge in [0.15, 0.2) is 11.5 Å². The molecule has 0 unspecified atom stereocenters. The van der Waals surface area contributed by atoms with Gasteiger partial charge in [-0.3, -0.25) is 4.79 Å². The third kappa shape index (κ3) is 5.27. The Hall–Kier alpha value is -4.66. The van der Waals surface area contributed by atoms with Gasteiger partial charge in [0.1, 0.15) is 28.6 Å². The van der Waals surface area contributed by atoms with E-state index in [9.17, 15) is 4.79 Å². The molecule has 0 spiro atoms. The Labute approximate surface area is 239 Å². The van der Waals surface area contributed by atoms with Crippen LogP contribution in [-0.2, 0) is 13.1 Å². The molecular weight excluding hydrogens is 522 g/mol. The Kier molecular flexibility index (Phi) is 7.41. The molecule has 0 bridgehead atoms. The van der Waals surface area contributed by atoms with E-state index in [1.54, 1.807) is 45.6 Å². The van der Waals surface area contributed by atoms with Crippen molar-refractivity contribution in [1.82, 2.24) is 9.88 Å². The summed E-state index contributed by atoms with van der Waals surface area (Å²) >= 11 is 0. The van der Waals surface area contributed by atoms with Crippen LogP contribution in [0.4, 0.5) is 5.82 Å². The van der Waals surface area contributed by atoms with Gasteiger partial charge >= 0.3 is 0 Å². The van der Waals surface area contributed by atoms with Crippen molar-refractivity contribution in [2.45, 2.75) is 25.9 Å². The van der Waals surface area contributed by atoms with Crippen LogP contribution in [0.25, 0.3) is 10.9 Å². The Morgan fingerprint density at radius 3 is 2.32 bits per heavy atom. The standard InChI is InChI=1S/C32H33N3O6/c1-37-24-9-7-22(8-10-24)32(36)35(18-21-6-11-27-29(16-21)41-20-40-27)19-23-17-25-26(38-2)12-13-28(39-3)30(25)33-31(23)34-14-4-5-15-34/h6-13,16-17H,4-5,14-15,18-20H2,1-3H3. The quantitative estimate of drug-likeness (QED) is 0.270. The van der Waals surface area contributed by atoms with Gasteiger partial charge < -0.3 is 33.5 Å². The Balaban J connectivity index is 1.44. The monoisotopic (exact) mass is 555 g/mol. The van der Waals surface area contributed by atoms with E-state index in [0.29, 0.717) is 47.4 Å². The van der Waals surface area contributed by atoms with E-state index >= 15 is 0 Å². The molecule has 212 valence electrons. The van der Waals surface area contributed by atoms with Gasteiger partial charge in [0.25, 0.3) is 5.91 Å². The Morgan fingerprint density at radius 2 is 1.59 bits per heavy atom. The van der Waals surface area contributed by atoms with Gasteiger partial charge in [-0.05, 0) is 73.0 Å². The number of ether oxygens (including phenoxy) is 5. The van der Waals surface area contributed by atoms with Gasteiger partial charge in [-0.15, -0.1) is 0 Å². The number of rotatable bonds is 9. The van der Waals surface area contributed by atoms with Gasteiger partial charge in [-0.25, -0.2) is 4.98 Å². The summed E-state index contributed by atoms with van der Waals surface area (Å²) in [6, 6.07) is 18.8. The summed E-state index contributed by atoms with van der Waals surface area (Å²) < 4.78 is 27.8. The van der Waals surface area contributed by atoms with Crippen molar-refractivity contribution in [3.05, 3.63) is 77.4 Å². The molecule has 0 aliphatic carbocycles. The van der Waals surface area contributed by atoms with Crippen LogP contribution < -0.4 is 28.6 Å². The summed E-state index contributed by atoms with van der Waals surface area (Å²) in [4.78, 5) is 23.3. The maximum absolute atomic E-state index is 14.1. The molecule has 1 fully saturated rings. The molecule has 1 amide bonds. The molecule has 9 nitrogen and oxygen atoms in total. The average molecular weight is 556 g/mol. The number of carbonyl (C=O) groups excluding carboxylic acids is 1. The molecule has 1 saturated heterocycles. The first-order valence-electron chi connectivity index (χ1n) is 13.7. The average Bonchev–Trinajstić information content (AvgIpc) is 3.72. The molecule has 9 heteroatoms. The summed E-state index contributed by atoms with van der Waals surface area (Å²) in [7, 11) is 4.90. The van der Waals surface area contributed by atoms with Gasteiger partial charge in [0.2, 0.25) is 6.79 Å². The largest absolute Gasteiger partial charge is 0.497 e. The number of fused-ring (bicyclic) bond motifs is 2. The predicted molar refractivity (Wildman–Crippen MR) is 155 cm³/mol. The third-order valence-electron chi connectivity index (χ3n) is 7.60. The zero-order chi connectivity index (χ0) is 28.3. The lowest BCUT2D eigenvalue weighted by Crippen LogP contribution is -2.31. The molecule has 4 aromatic rings. The van der Waals surface area contributed by atoms with Crippen molar-refractivity contribution < 1.29 is 28.5 Å². The Morgan fingerprint density at radius 1 is 0.854 bits per heavy atom. The molecule has 2 aliphatic rings. The van der Waals surface area contributed by atoms with Crippen LogP contribution in [0.15, 0.2) is 60.7 Å². The highest BCUT2D eigenvalue weighted by Crippen LogP contribution is 2.37. The van der Waals surface area contributed by atoms with Gasteiger partial charge in [-0.1, -0.05) is 6.07 Å². The van der Waals surface area contributed by atoms with E-state index in [-0.39, 0.29) is 12.7 Å². The fraction of sp³-hybridized carbons (Fsp3) is 0.312. The fourth-order valence-electron chi connectivity index (χ4n) is 5.48. The summed E-state index contributed by atoms with van der Waals surface area (Å²) in [5.41, 5.74) is 3.18. The second-order valence-corrected chi connectivity index (χ2v) is 10.1. The molecule has 1 aromatic heterocycles. The number of anilines is 1. The minimum Gasteiger partial charge on any atom is -0.497 e. The second kappa shape index (κ2) is 11.4. The van der Waals surface area contributed by atoms with Gasteiger partial charge in [0, 0.05) is 42.7 Å². The van der Waals surface area contributed by atoms with Gasteiger partial charge in [0.05, 0.1) is 21.3 Å². The van der Waals surface area contributed by atoms with Crippen LogP contribution in [-0.4, -0.2) is 57.0 Å². The maximum Gasteiger partial charge on any atom is 0.254 e. The van der Waals surface area contributed by atoms with Crippen LogP contribution in [0, 0.1) is 0 Å². The van der Waals surface area contributed by atoms with Crippen LogP contribution in [0.5, 0.6) is 28.7 Å². The number of amides is 1. The Bertz CT molecular complexity index is 1570. The number of hydrogen-bond acceptors (Lipinski definition) is 8. The lowest BCUT2D eigenvalue weighted by molar-refractivity contribution is 0.0730. The number of carbonyl (C=O) groups is 1. The van der Waals surface area contributed by atoms with Crippen LogP contribution in [0.2, 0.25) is 0 Å². The van der Waals surface area contributed by atoms with Crippen LogP contribution in [0.3, 0.4) is 0 Å². The van der Waals surface area contributed by atoms with Crippen molar-refractivity contribution in [3.8, 4) is 28.7 Å². The van der Waals surface area contributed by atoms with Crippen molar-refractivity contribution in [2.24, 2.45) is 0 Å². The lowest BCUT2D eigenvalue weighted by atomic mass is 10.1. The van der Waals surface area contributed by atoms with Crippen molar-refractivity contribution in [1.29, 1.82) is 0 Å². The lowest BCUT2D eigenvalue weighted by Gasteiger charge is -2.27. The summed E-state index contributed by atoms with van der Waals surface area (Å²) in [6.45, 7) is 2.72. The topological polar surface area (TPSA) is 82.6 Å². The fourth-order valence-corrected chi connectivity index (χ4v) is 5.48. The summed E-state index contributed by atoms with van der Waals surface area (Å²) in [5, 5.41) is 0.838. The van der Waals surface area contributed by atoms with E-state index < -0.39 is 0 Å². The molecule has 3 heterocycles. The first kappa shape index (κ1) is 26.6.